The van der Waals surface area contributed by atoms with E-state index in [0.717, 1.165) is 50.1 Å². The van der Waals surface area contributed by atoms with Gasteiger partial charge in [-0.15, -0.1) is 0 Å². The Morgan fingerprint density at radius 3 is 1.08 bits per heavy atom. The minimum Gasteiger partial charge on any atom is -0.423 e. The van der Waals surface area contributed by atoms with Crippen LogP contribution in [0.1, 0.15) is 109 Å². The molecule has 61 heavy (non-hydrogen) atoms. The van der Waals surface area contributed by atoms with Crippen molar-refractivity contribution >= 4 is 17.5 Å². The largest absolute Gasteiger partial charge is 0.423 e. The minimum absolute atomic E-state index is 0.0908. The predicted octanol–water partition coefficient (Wildman–Crippen LogP) is 14.1. The summed E-state index contributed by atoms with van der Waals surface area (Å²) in [5.41, 5.74) is 18.1. The quantitative estimate of drug-likeness (QED) is 0.0954. The Morgan fingerprint density at radius 2 is 0.639 bits per heavy atom. The van der Waals surface area contributed by atoms with Crippen LogP contribution in [0.25, 0.3) is 0 Å². The Kier molecular flexibility index (Phi) is 17.0. The molecule has 0 unspecified atom stereocenters. The van der Waals surface area contributed by atoms with Crippen LogP contribution >= 0.6 is 0 Å². The van der Waals surface area contributed by atoms with Crippen LogP contribution in [0.2, 0.25) is 0 Å². The van der Waals surface area contributed by atoms with Gasteiger partial charge in [-0.3, -0.25) is 9.59 Å². The van der Waals surface area contributed by atoms with Crippen LogP contribution < -0.4 is 4.74 Å². The van der Waals surface area contributed by atoms with E-state index in [4.69, 9.17) is 4.74 Å². The standard InChI is InChI=1S/C16H16O2.2C16H16O.C9H12/c1-11-4-8-15(9-5-11)18-16(17)14-7-6-12(2)13(3)10-14;1-11-4-7-14(8-5-11)16(17)15-9-6-12(2)13(3)10-15;1-11-5-4-6-14(9-11)16(17)15-8-7-12(2)13(3)10-15;1-7-4-5-8(2)9(3)6-7/h4-10H,1-3H3;2*4-10H,1-3H3;4-6H,1-3H3. The van der Waals surface area contributed by atoms with Crippen molar-refractivity contribution in [2.75, 3.05) is 0 Å². The predicted molar refractivity (Wildman–Crippen MR) is 254 cm³/mol. The van der Waals surface area contributed by atoms with Crippen molar-refractivity contribution in [3.8, 4) is 5.75 Å². The van der Waals surface area contributed by atoms with E-state index in [0.29, 0.717) is 11.3 Å². The van der Waals surface area contributed by atoms with Gasteiger partial charge in [-0.1, -0.05) is 125 Å². The first-order chi connectivity index (χ1) is 28.9. The SMILES string of the molecule is Cc1ccc(C(=O)c2ccc(C)c(C)c2)cc1.Cc1ccc(C)c(C)c1.Cc1ccc(OC(=O)c2ccc(C)c(C)c2)cc1.Cc1cccc(C(=O)c2ccc(C)c(C)c2)c1. The van der Waals surface area contributed by atoms with Gasteiger partial charge in [0.25, 0.3) is 0 Å². The van der Waals surface area contributed by atoms with Gasteiger partial charge in [0.15, 0.2) is 11.6 Å². The molecular formula is C57H60O4. The zero-order chi connectivity index (χ0) is 44.8. The highest BCUT2D eigenvalue weighted by Crippen LogP contribution is 2.18. The summed E-state index contributed by atoms with van der Waals surface area (Å²) in [7, 11) is 0. The van der Waals surface area contributed by atoms with Crippen LogP contribution in [0.15, 0.2) is 146 Å². The van der Waals surface area contributed by atoms with Crippen LogP contribution in [-0.2, 0) is 0 Å². The molecule has 0 aliphatic rings. The van der Waals surface area contributed by atoms with Crippen LogP contribution in [0, 0.1) is 83.1 Å². The van der Waals surface area contributed by atoms with Crippen molar-refractivity contribution < 1.29 is 19.1 Å². The second kappa shape index (κ2) is 22.1. The fourth-order valence-electron chi connectivity index (χ4n) is 6.12. The number of carbonyl (C=O) groups excluding carboxylic acids is 3. The summed E-state index contributed by atoms with van der Waals surface area (Å²) in [6.07, 6.45) is 0. The molecule has 0 N–H and O–H groups in total. The van der Waals surface area contributed by atoms with Gasteiger partial charge in [-0.2, -0.15) is 0 Å². The molecule has 0 saturated carbocycles. The molecule has 0 bridgehead atoms. The number of esters is 1. The van der Waals surface area contributed by atoms with E-state index in [2.05, 4.69) is 52.8 Å². The minimum atomic E-state index is -0.318. The van der Waals surface area contributed by atoms with E-state index < -0.39 is 0 Å². The maximum atomic E-state index is 12.3. The van der Waals surface area contributed by atoms with Gasteiger partial charge in [0.05, 0.1) is 5.56 Å². The third-order valence-corrected chi connectivity index (χ3v) is 10.8. The Balaban J connectivity index is 0.000000183. The number of aryl methyl sites for hydroxylation is 12. The van der Waals surface area contributed by atoms with Crippen LogP contribution in [0.4, 0.5) is 0 Å². The number of ether oxygens (including phenoxy) is 1. The third kappa shape index (κ3) is 14.3. The van der Waals surface area contributed by atoms with Crippen molar-refractivity contribution in [3.05, 3.63) is 240 Å². The number of carbonyl (C=O) groups is 3. The summed E-state index contributed by atoms with van der Waals surface area (Å²) >= 11 is 0. The first-order valence-electron chi connectivity index (χ1n) is 20.7. The molecule has 0 amide bonds. The van der Waals surface area contributed by atoms with Gasteiger partial charge < -0.3 is 4.74 Å². The lowest BCUT2D eigenvalue weighted by molar-refractivity contribution is 0.0734. The monoisotopic (exact) mass is 808 g/mol. The number of hydrogen-bond donors (Lipinski definition) is 0. The smallest absolute Gasteiger partial charge is 0.343 e. The number of rotatable bonds is 6. The van der Waals surface area contributed by atoms with Crippen molar-refractivity contribution in [1.82, 2.24) is 0 Å². The molecule has 0 aliphatic heterocycles. The van der Waals surface area contributed by atoms with Gasteiger partial charge in [0.1, 0.15) is 5.75 Å². The zero-order valence-electron chi connectivity index (χ0n) is 38.0. The lowest BCUT2D eigenvalue weighted by Crippen LogP contribution is -2.08. The van der Waals surface area contributed by atoms with Crippen LogP contribution in [0.5, 0.6) is 5.75 Å². The molecule has 0 fully saturated rings. The Bertz CT molecular complexity index is 2610. The molecule has 4 heteroatoms. The summed E-state index contributed by atoms with van der Waals surface area (Å²) in [6.45, 7) is 24.6. The molecule has 0 aliphatic carbocycles. The first kappa shape index (κ1) is 47.0. The molecule has 7 rings (SSSR count). The molecule has 0 radical (unpaired) electrons. The van der Waals surface area contributed by atoms with Crippen LogP contribution in [0.3, 0.4) is 0 Å². The maximum Gasteiger partial charge on any atom is 0.343 e. The van der Waals surface area contributed by atoms with Gasteiger partial charge in [-0.05, 0) is 170 Å². The third-order valence-electron chi connectivity index (χ3n) is 10.8. The second-order valence-corrected chi connectivity index (χ2v) is 16.1. The highest BCUT2D eigenvalue weighted by Gasteiger charge is 2.12. The molecule has 0 atom stereocenters. The molecule has 312 valence electrons. The van der Waals surface area contributed by atoms with Crippen molar-refractivity contribution in [2.45, 2.75) is 83.1 Å². The van der Waals surface area contributed by atoms with Crippen molar-refractivity contribution in [1.29, 1.82) is 0 Å². The number of benzene rings is 7. The van der Waals surface area contributed by atoms with Crippen molar-refractivity contribution in [2.24, 2.45) is 0 Å². The molecule has 7 aromatic carbocycles. The van der Waals surface area contributed by atoms with E-state index in [1.165, 1.54) is 38.9 Å². The highest BCUT2D eigenvalue weighted by atomic mass is 16.5. The van der Waals surface area contributed by atoms with E-state index in [-0.39, 0.29) is 17.5 Å². The molecule has 7 aromatic rings. The zero-order valence-corrected chi connectivity index (χ0v) is 38.0. The number of ketones is 2. The molecule has 0 aromatic heterocycles. The second-order valence-electron chi connectivity index (χ2n) is 16.1. The summed E-state index contributed by atoms with van der Waals surface area (Å²) in [4.78, 5) is 36.4. The van der Waals surface area contributed by atoms with Crippen LogP contribution in [-0.4, -0.2) is 17.5 Å². The topological polar surface area (TPSA) is 60.4 Å². The fraction of sp³-hybridized carbons (Fsp3) is 0.211. The molecule has 4 nitrogen and oxygen atoms in total. The van der Waals surface area contributed by atoms with E-state index in [1.807, 2.05) is 158 Å². The molecule has 0 saturated heterocycles. The summed E-state index contributed by atoms with van der Waals surface area (Å²) in [5.74, 6) is 0.440. The van der Waals surface area contributed by atoms with Crippen molar-refractivity contribution in [3.63, 3.8) is 0 Å². The van der Waals surface area contributed by atoms with E-state index in [1.54, 1.807) is 18.2 Å². The Hall–Kier alpha value is -6.65. The van der Waals surface area contributed by atoms with Gasteiger partial charge in [-0.25, -0.2) is 4.79 Å². The Labute approximate surface area is 364 Å². The van der Waals surface area contributed by atoms with E-state index >= 15 is 0 Å². The maximum absolute atomic E-state index is 12.3. The van der Waals surface area contributed by atoms with Gasteiger partial charge in [0.2, 0.25) is 0 Å². The lowest BCUT2D eigenvalue weighted by atomic mass is 9.98. The molecular weight excluding hydrogens is 749 g/mol. The number of hydrogen-bond acceptors (Lipinski definition) is 4. The van der Waals surface area contributed by atoms with Gasteiger partial charge in [0, 0.05) is 22.3 Å². The average molecular weight is 809 g/mol. The molecule has 0 heterocycles. The normalized spacial score (nSPS) is 10.2. The van der Waals surface area contributed by atoms with E-state index in [9.17, 15) is 14.4 Å². The van der Waals surface area contributed by atoms with Gasteiger partial charge >= 0.3 is 5.97 Å². The highest BCUT2D eigenvalue weighted by molar-refractivity contribution is 6.09. The first-order valence-corrected chi connectivity index (χ1v) is 20.7. The summed E-state index contributed by atoms with van der Waals surface area (Å²) in [6, 6.07) is 46.6. The Morgan fingerprint density at radius 1 is 0.295 bits per heavy atom. The average Bonchev–Trinajstić information content (AvgIpc) is 3.23. The summed E-state index contributed by atoms with van der Waals surface area (Å²) < 4.78 is 5.31. The fourth-order valence-corrected chi connectivity index (χ4v) is 6.12. The lowest BCUT2D eigenvalue weighted by Gasteiger charge is -2.06. The summed E-state index contributed by atoms with van der Waals surface area (Å²) in [5, 5.41) is 0. The molecule has 0 spiro atoms.